The molecule has 0 radical (unpaired) electrons. The highest BCUT2D eigenvalue weighted by Gasteiger charge is 2.22. The number of carbonyl (C=O) groups is 1. The predicted octanol–water partition coefficient (Wildman–Crippen LogP) is 2.09. The molecule has 0 spiro atoms. The lowest BCUT2D eigenvalue weighted by Gasteiger charge is -2.32. The standard InChI is InChI=1S/C16H20F2N4O/c17-15(18)11-22-6-4-14(5-7-22)21-16(23)20-10-13-3-1-2-12(8-13)9-19/h1-3,8,14-15H,4-7,10-11H2,(H2,20,21,23). The van der Waals surface area contributed by atoms with Gasteiger partial charge in [-0.1, -0.05) is 12.1 Å². The molecule has 2 rings (SSSR count). The Morgan fingerprint density at radius 2 is 2.13 bits per heavy atom. The van der Waals surface area contributed by atoms with Crippen LogP contribution >= 0.6 is 0 Å². The zero-order valence-corrected chi connectivity index (χ0v) is 12.8. The van der Waals surface area contributed by atoms with Crippen LogP contribution in [0.2, 0.25) is 0 Å². The summed E-state index contributed by atoms with van der Waals surface area (Å²) in [6, 6.07) is 8.82. The number of hydrogen-bond acceptors (Lipinski definition) is 3. The van der Waals surface area contributed by atoms with E-state index in [-0.39, 0.29) is 18.6 Å². The van der Waals surface area contributed by atoms with Gasteiger partial charge in [0.1, 0.15) is 0 Å². The van der Waals surface area contributed by atoms with Crippen molar-refractivity contribution in [3.8, 4) is 6.07 Å². The highest BCUT2D eigenvalue weighted by Crippen LogP contribution is 2.11. The molecule has 5 nitrogen and oxygen atoms in total. The summed E-state index contributed by atoms with van der Waals surface area (Å²) in [4.78, 5) is 13.6. The van der Waals surface area contributed by atoms with Crippen LogP contribution in [0, 0.1) is 11.3 Å². The third-order valence-corrected chi connectivity index (χ3v) is 3.83. The summed E-state index contributed by atoms with van der Waals surface area (Å²) in [7, 11) is 0. The highest BCUT2D eigenvalue weighted by atomic mass is 19.3. The van der Waals surface area contributed by atoms with E-state index in [0.29, 0.717) is 38.0 Å². The number of piperidine rings is 1. The van der Waals surface area contributed by atoms with Gasteiger partial charge in [-0.05, 0) is 30.5 Å². The largest absolute Gasteiger partial charge is 0.335 e. The summed E-state index contributed by atoms with van der Waals surface area (Å²) >= 11 is 0. The van der Waals surface area contributed by atoms with E-state index < -0.39 is 6.43 Å². The molecule has 1 aliphatic heterocycles. The Morgan fingerprint density at radius 3 is 2.78 bits per heavy atom. The smallest absolute Gasteiger partial charge is 0.315 e. The summed E-state index contributed by atoms with van der Waals surface area (Å²) < 4.78 is 24.6. The maximum atomic E-state index is 12.3. The van der Waals surface area contributed by atoms with Crippen LogP contribution in [0.5, 0.6) is 0 Å². The predicted molar refractivity (Wildman–Crippen MR) is 82.0 cm³/mol. The van der Waals surface area contributed by atoms with Crippen molar-refractivity contribution in [1.82, 2.24) is 15.5 Å². The number of benzene rings is 1. The zero-order chi connectivity index (χ0) is 16.7. The van der Waals surface area contributed by atoms with Gasteiger partial charge in [0.05, 0.1) is 18.2 Å². The minimum Gasteiger partial charge on any atom is -0.335 e. The zero-order valence-electron chi connectivity index (χ0n) is 12.8. The van der Waals surface area contributed by atoms with Crippen molar-refractivity contribution in [2.24, 2.45) is 0 Å². The van der Waals surface area contributed by atoms with Gasteiger partial charge in [0.15, 0.2) is 0 Å². The van der Waals surface area contributed by atoms with Crippen molar-refractivity contribution in [3.63, 3.8) is 0 Å². The van der Waals surface area contributed by atoms with Crippen molar-refractivity contribution in [2.45, 2.75) is 31.9 Å². The van der Waals surface area contributed by atoms with Crippen molar-refractivity contribution in [3.05, 3.63) is 35.4 Å². The Kier molecular flexibility index (Phi) is 6.29. The maximum Gasteiger partial charge on any atom is 0.315 e. The molecule has 0 unspecified atom stereocenters. The number of nitrogens with zero attached hydrogens (tertiary/aromatic N) is 2. The molecule has 1 heterocycles. The minimum absolute atomic E-state index is 0.00867. The Balaban J connectivity index is 1.70. The summed E-state index contributed by atoms with van der Waals surface area (Å²) in [5.41, 5.74) is 1.40. The molecular weight excluding hydrogens is 302 g/mol. The molecule has 0 saturated carbocycles. The molecule has 0 atom stereocenters. The van der Waals surface area contributed by atoms with E-state index in [1.807, 2.05) is 6.07 Å². The van der Waals surface area contributed by atoms with Crippen LogP contribution in [-0.2, 0) is 6.54 Å². The van der Waals surface area contributed by atoms with Crippen molar-refractivity contribution in [2.75, 3.05) is 19.6 Å². The molecule has 0 bridgehead atoms. The second-order valence-electron chi connectivity index (χ2n) is 5.61. The fraction of sp³-hybridized carbons (Fsp3) is 0.500. The Hall–Kier alpha value is -2.20. The van der Waals surface area contributed by atoms with E-state index in [2.05, 4.69) is 16.7 Å². The molecule has 0 aliphatic carbocycles. The van der Waals surface area contributed by atoms with Crippen LogP contribution in [0.4, 0.5) is 13.6 Å². The highest BCUT2D eigenvalue weighted by molar-refractivity contribution is 5.74. The molecule has 2 amide bonds. The average molecular weight is 322 g/mol. The lowest BCUT2D eigenvalue weighted by atomic mass is 10.1. The average Bonchev–Trinajstić information content (AvgIpc) is 2.54. The molecule has 1 aliphatic rings. The van der Waals surface area contributed by atoms with E-state index in [1.54, 1.807) is 23.1 Å². The van der Waals surface area contributed by atoms with E-state index in [4.69, 9.17) is 5.26 Å². The van der Waals surface area contributed by atoms with Crippen LogP contribution in [0.3, 0.4) is 0 Å². The number of likely N-dealkylation sites (tertiary alicyclic amines) is 1. The van der Waals surface area contributed by atoms with Gasteiger partial charge in [0, 0.05) is 25.7 Å². The summed E-state index contributed by atoms with van der Waals surface area (Å²) in [6.07, 6.45) is -0.972. The summed E-state index contributed by atoms with van der Waals surface area (Å²) in [5.74, 6) is 0. The van der Waals surface area contributed by atoms with Crippen LogP contribution in [0.1, 0.15) is 24.0 Å². The van der Waals surface area contributed by atoms with Crippen molar-refractivity contribution in [1.29, 1.82) is 5.26 Å². The number of hydrogen-bond donors (Lipinski definition) is 2. The van der Waals surface area contributed by atoms with Gasteiger partial charge in [-0.3, -0.25) is 4.90 Å². The maximum absolute atomic E-state index is 12.3. The second kappa shape index (κ2) is 8.44. The van der Waals surface area contributed by atoms with E-state index in [9.17, 15) is 13.6 Å². The SMILES string of the molecule is N#Cc1cccc(CNC(=O)NC2CCN(CC(F)F)CC2)c1. The second-order valence-corrected chi connectivity index (χ2v) is 5.61. The molecule has 1 saturated heterocycles. The third kappa shape index (κ3) is 5.83. The lowest BCUT2D eigenvalue weighted by molar-refractivity contribution is 0.0737. The van der Waals surface area contributed by atoms with E-state index >= 15 is 0 Å². The fourth-order valence-electron chi connectivity index (χ4n) is 2.62. The number of nitriles is 1. The number of amides is 2. The molecule has 124 valence electrons. The number of halogens is 2. The van der Waals surface area contributed by atoms with Gasteiger partial charge in [0.25, 0.3) is 6.43 Å². The number of alkyl halides is 2. The first kappa shape index (κ1) is 17.2. The first-order valence-corrected chi connectivity index (χ1v) is 7.60. The molecule has 2 N–H and O–H groups in total. The van der Waals surface area contributed by atoms with E-state index in [0.717, 1.165) is 5.56 Å². The molecule has 7 heteroatoms. The van der Waals surface area contributed by atoms with Gasteiger partial charge in [-0.25, -0.2) is 13.6 Å². The number of rotatable bonds is 5. The Labute approximate surface area is 134 Å². The van der Waals surface area contributed by atoms with Crippen LogP contribution < -0.4 is 10.6 Å². The summed E-state index contributed by atoms with van der Waals surface area (Å²) in [5, 5.41) is 14.4. The van der Waals surface area contributed by atoms with Gasteiger partial charge in [-0.15, -0.1) is 0 Å². The molecular formula is C16H20F2N4O. The van der Waals surface area contributed by atoms with Crippen molar-refractivity contribution >= 4 is 6.03 Å². The fourth-order valence-corrected chi connectivity index (χ4v) is 2.62. The van der Waals surface area contributed by atoms with Crippen LogP contribution in [-0.4, -0.2) is 43.0 Å². The molecule has 1 fully saturated rings. The van der Waals surface area contributed by atoms with Crippen LogP contribution in [0.15, 0.2) is 24.3 Å². The Morgan fingerprint density at radius 1 is 1.39 bits per heavy atom. The molecule has 0 aromatic heterocycles. The van der Waals surface area contributed by atoms with Gasteiger partial charge in [-0.2, -0.15) is 5.26 Å². The van der Waals surface area contributed by atoms with E-state index in [1.165, 1.54) is 0 Å². The summed E-state index contributed by atoms with van der Waals surface area (Å²) in [6.45, 7) is 1.28. The topological polar surface area (TPSA) is 68.2 Å². The van der Waals surface area contributed by atoms with Crippen LogP contribution in [0.25, 0.3) is 0 Å². The molecule has 1 aromatic rings. The quantitative estimate of drug-likeness (QED) is 0.872. The van der Waals surface area contributed by atoms with Gasteiger partial charge >= 0.3 is 6.03 Å². The monoisotopic (exact) mass is 322 g/mol. The number of urea groups is 1. The van der Waals surface area contributed by atoms with Gasteiger partial charge in [0.2, 0.25) is 0 Å². The first-order chi connectivity index (χ1) is 11.1. The molecule has 1 aromatic carbocycles. The third-order valence-electron chi connectivity index (χ3n) is 3.83. The number of nitrogens with one attached hydrogen (secondary N) is 2. The Bertz CT molecular complexity index is 565. The normalized spacial score (nSPS) is 16.1. The minimum atomic E-state index is -2.31. The number of carbonyl (C=O) groups excluding carboxylic acids is 1. The lowest BCUT2D eigenvalue weighted by Crippen LogP contribution is -2.48. The first-order valence-electron chi connectivity index (χ1n) is 7.60. The van der Waals surface area contributed by atoms with Crippen molar-refractivity contribution < 1.29 is 13.6 Å². The molecule has 23 heavy (non-hydrogen) atoms. The van der Waals surface area contributed by atoms with Gasteiger partial charge < -0.3 is 10.6 Å².